The minimum absolute atomic E-state index is 0.0313. The molecule has 4 N–H and O–H groups in total. The number of nitrogens with zero attached hydrogens (tertiary/aromatic N) is 4. The van der Waals surface area contributed by atoms with Crippen LogP contribution in [0.5, 0.6) is 0 Å². The van der Waals surface area contributed by atoms with Crippen molar-refractivity contribution in [3.05, 3.63) is 47.8 Å². The number of carboxylic acid groups (broad SMARTS) is 1. The van der Waals surface area contributed by atoms with E-state index < -0.39 is 30.0 Å². The molecule has 1 aromatic carbocycles. The summed E-state index contributed by atoms with van der Waals surface area (Å²) in [6.45, 7) is 1.60. The van der Waals surface area contributed by atoms with Gasteiger partial charge in [-0.1, -0.05) is 25.0 Å². The van der Waals surface area contributed by atoms with E-state index in [-0.39, 0.29) is 23.5 Å². The van der Waals surface area contributed by atoms with Crippen LogP contribution >= 0.6 is 0 Å². The molecule has 0 fully saturated rings. The first-order valence-corrected chi connectivity index (χ1v) is 9.15. The summed E-state index contributed by atoms with van der Waals surface area (Å²) in [5.41, 5.74) is 0.603. The Morgan fingerprint density at radius 2 is 2.00 bits per heavy atom. The van der Waals surface area contributed by atoms with Crippen molar-refractivity contribution in [3.8, 4) is 11.8 Å². The Morgan fingerprint density at radius 1 is 1.27 bits per heavy atom. The third kappa shape index (κ3) is 4.07. The average Bonchev–Trinajstić information content (AvgIpc) is 3.16. The maximum atomic E-state index is 13.8. The van der Waals surface area contributed by atoms with Crippen molar-refractivity contribution in [2.45, 2.75) is 25.7 Å². The number of aliphatic hydroxyl groups excluding tert-OH is 2. The molecule has 0 aliphatic carbocycles. The van der Waals surface area contributed by atoms with E-state index in [1.807, 2.05) is 0 Å². The van der Waals surface area contributed by atoms with E-state index in [2.05, 4.69) is 32.1 Å². The SMILES string of the molecule is CC[C@H](C(=O)O)[C@@H](O)[C@@H](O)n1cnc2c(NC)nc(C#Cc3ccccc3F)nc21. The molecule has 0 unspecified atom stereocenters. The Morgan fingerprint density at radius 3 is 2.63 bits per heavy atom. The second kappa shape index (κ2) is 8.86. The van der Waals surface area contributed by atoms with Gasteiger partial charge in [-0.3, -0.25) is 9.36 Å². The number of fused-ring (bicyclic) bond motifs is 1. The summed E-state index contributed by atoms with van der Waals surface area (Å²) >= 11 is 0. The first-order chi connectivity index (χ1) is 14.4. The number of carbonyl (C=O) groups is 1. The van der Waals surface area contributed by atoms with Crippen LogP contribution in [-0.4, -0.2) is 54.0 Å². The van der Waals surface area contributed by atoms with Gasteiger partial charge in [-0.25, -0.2) is 19.3 Å². The Bertz CT molecular complexity index is 1140. The normalized spacial score (nSPS) is 13.9. The van der Waals surface area contributed by atoms with Crippen LogP contribution in [0.25, 0.3) is 11.2 Å². The Hall–Kier alpha value is -3.55. The van der Waals surface area contributed by atoms with E-state index in [1.165, 1.54) is 18.5 Å². The number of aromatic nitrogens is 4. The minimum Gasteiger partial charge on any atom is -0.481 e. The third-order valence-corrected chi connectivity index (χ3v) is 4.60. The zero-order valence-corrected chi connectivity index (χ0v) is 16.2. The maximum absolute atomic E-state index is 13.8. The first kappa shape index (κ1) is 21.2. The number of hydrogen-bond acceptors (Lipinski definition) is 7. The highest BCUT2D eigenvalue weighted by Crippen LogP contribution is 2.25. The number of aliphatic carboxylic acids is 1. The van der Waals surface area contributed by atoms with Gasteiger partial charge < -0.3 is 20.6 Å². The molecule has 0 saturated carbocycles. The molecular weight excluding hydrogens is 393 g/mol. The van der Waals surface area contributed by atoms with Crippen molar-refractivity contribution < 1.29 is 24.5 Å². The molecule has 0 amide bonds. The summed E-state index contributed by atoms with van der Waals surface area (Å²) in [5, 5.41) is 33.0. The lowest BCUT2D eigenvalue weighted by Crippen LogP contribution is -2.35. The Balaban J connectivity index is 2.06. The van der Waals surface area contributed by atoms with Crippen LogP contribution in [0.1, 0.15) is 31.0 Å². The molecule has 10 heteroatoms. The predicted octanol–water partition coefficient (Wildman–Crippen LogP) is 1.37. The summed E-state index contributed by atoms with van der Waals surface area (Å²) in [7, 11) is 1.61. The second-order valence-electron chi connectivity index (χ2n) is 6.46. The number of halogens is 1. The molecule has 3 aromatic rings. The van der Waals surface area contributed by atoms with Crippen LogP contribution in [0, 0.1) is 23.6 Å². The quantitative estimate of drug-likeness (QED) is 0.445. The lowest BCUT2D eigenvalue weighted by molar-refractivity contribution is -0.152. The highest BCUT2D eigenvalue weighted by Gasteiger charge is 2.32. The van der Waals surface area contributed by atoms with Crippen LogP contribution in [0.2, 0.25) is 0 Å². The topological polar surface area (TPSA) is 133 Å². The number of nitrogens with one attached hydrogen (secondary N) is 1. The van der Waals surface area contributed by atoms with Crippen molar-refractivity contribution >= 4 is 23.0 Å². The zero-order valence-electron chi connectivity index (χ0n) is 16.2. The molecular formula is C20H20FN5O4. The third-order valence-electron chi connectivity index (χ3n) is 4.60. The van der Waals surface area contributed by atoms with Gasteiger partial charge in [0, 0.05) is 7.05 Å². The summed E-state index contributed by atoms with van der Waals surface area (Å²) in [5.74, 6) is 2.78. The molecule has 0 radical (unpaired) electrons. The fourth-order valence-electron chi connectivity index (χ4n) is 2.96. The van der Waals surface area contributed by atoms with Gasteiger partial charge in [0.05, 0.1) is 17.8 Å². The molecule has 0 saturated heterocycles. The molecule has 0 bridgehead atoms. The summed E-state index contributed by atoms with van der Waals surface area (Å²) in [4.78, 5) is 24.0. The predicted molar refractivity (Wildman–Crippen MR) is 106 cm³/mol. The molecule has 0 spiro atoms. The van der Waals surface area contributed by atoms with E-state index in [1.54, 1.807) is 26.1 Å². The maximum Gasteiger partial charge on any atom is 0.309 e. The smallest absolute Gasteiger partial charge is 0.309 e. The number of anilines is 1. The van der Waals surface area contributed by atoms with Crippen LogP contribution in [0.3, 0.4) is 0 Å². The van der Waals surface area contributed by atoms with Crippen LogP contribution in [0.15, 0.2) is 30.6 Å². The van der Waals surface area contributed by atoms with Crippen molar-refractivity contribution in [2.75, 3.05) is 12.4 Å². The van der Waals surface area contributed by atoms with E-state index in [0.717, 1.165) is 4.57 Å². The van der Waals surface area contributed by atoms with Crippen molar-refractivity contribution in [2.24, 2.45) is 5.92 Å². The minimum atomic E-state index is -1.61. The molecule has 0 aliphatic heterocycles. The van der Waals surface area contributed by atoms with Crippen LogP contribution in [-0.2, 0) is 4.79 Å². The largest absolute Gasteiger partial charge is 0.481 e. The van der Waals surface area contributed by atoms with Crippen molar-refractivity contribution in [1.29, 1.82) is 0 Å². The zero-order chi connectivity index (χ0) is 21.8. The lowest BCUT2D eigenvalue weighted by Gasteiger charge is -2.23. The fraction of sp³-hybridized carbons (Fsp3) is 0.300. The summed E-state index contributed by atoms with van der Waals surface area (Å²) < 4.78 is 15.0. The van der Waals surface area contributed by atoms with E-state index in [9.17, 15) is 24.5 Å². The average molecular weight is 413 g/mol. The van der Waals surface area contributed by atoms with Crippen LogP contribution in [0.4, 0.5) is 10.2 Å². The highest BCUT2D eigenvalue weighted by atomic mass is 19.1. The van der Waals surface area contributed by atoms with Gasteiger partial charge in [0.2, 0.25) is 5.82 Å². The Labute approximate surface area is 171 Å². The highest BCUT2D eigenvalue weighted by molar-refractivity contribution is 5.83. The number of carboxylic acids is 1. The first-order valence-electron chi connectivity index (χ1n) is 9.15. The number of aliphatic hydroxyl groups is 2. The number of rotatable bonds is 6. The van der Waals surface area contributed by atoms with Gasteiger partial charge >= 0.3 is 5.97 Å². The van der Waals surface area contributed by atoms with Gasteiger partial charge in [0.25, 0.3) is 0 Å². The van der Waals surface area contributed by atoms with Crippen LogP contribution < -0.4 is 5.32 Å². The molecule has 3 rings (SSSR count). The summed E-state index contributed by atoms with van der Waals surface area (Å²) in [6.07, 6.45) is -1.85. The lowest BCUT2D eigenvalue weighted by atomic mass is 9.98. The molecule has 2 heterocycles. The molecule has 9 nitrogen and oxygen atoms in total. The van der Waals surface area contributed by atoms with Gasteiger partial charge in [0.1, 0.15) is 11.9 Å². The molecule has 3 atom stereocenters. The van der Waals surface area contributed by atoms with Crippen molar-refractivity contribution in [1.82, 2.24) is 19.5 Å². The number of hydrogen-bond donors (Lipinski definition) is 4. The second-order valence-corrected chi connectivity index (χ2v) is 6.46. The molecule has 2 aromatic heterocycles. The van der Waals surface area contributed by atoms with E-state index in [4.69, 9.17) is 0 Å². The van der Waals surface area contributed by atoms with E-state index >= 15 is 0 Å². The van der Waals surface area contributed by atoms with E-state index in [0.29, 0.717) is 11.3 Å². The Kier molecular flexibility index (Phi) is 6.25. The number of benzene rings is 1. The standard InChI is InChI=1S/C20H20FN5O4/c1-3-12(20(29)30)16(27)19(28)26-10-23-15-17(22-2)24-14(25-18(15)26)9-8-11-6-4-5-7-13(11)21/h4-7,10,12,16,19,27-28H,3H2,1-2H3,(H,29,30)(H,22,24,25)/t12-,16+,19+/m0/s1. The fourth-order valence-corrected chi connectivity index (χ4v) is 2.96. The monoisotopic (exact) mass is 413 g/mol. The van der Waals surface area contributed by atoms with Gasteiger partial charge in [-0.2, -0.15) is 0 Å². The van der Waals surface area contributed by atoms with Gasteiger partial charge in [-0.15, -0.1) is 0 Å². The van der Waals surface area contributed by atoms with Gasteiger partial charge in [-0.05, 0) is 24.5 Å². The molecule has 0 aliphatic rings. The molecule has 156 valence electrons. The van der Waals surface area contributed by atoms with Gasteiger partial charge in [0.15, 0.2) is 23.2 Å². The van der Waals surface area contributed by atoms with Crippen molar-refractivity contribution in [3.63, 3.8) is 0 Å². The number of imidazole rings is 1. The summed E-state index contributed by atoms with van der Waals surface area (Å²) in [6, 6.07) is 6.00. The molecule has 30 heavy (non-hydrogen) atoms.